The normalized spacial score (nSPS) is 10.4. The number of non-ortho nitro benzene ring substituents is 1. The summed E-state index contributed by atoms with van der Waals surface area (Å²) in [5, 5.41) is 10.5. The van der Waals surface area contributed by atoms with E-state index >= 15 is 0 Å². The molecule has 0 aliphatic heterocycles. The third-order valence-corrected chi connectivity index (χ3v) is 3.78. The first-order valence-corrected chi connectivity index (χ1v) is 6.68. The molecule has 0 aliphatic rings. The fraction of sp³-hybridized carbons (Fsp3) is 0.154. The summed E-state index contributed by atoms with van der Waals surface area (Å²) in [5.74, 6) is -0.329. The standard InChI is InChI=1S/C13H10BrN3O4/c1-8-12(14)13(19)16(7-15-8)6-11(18)9-2-4-10(5-3-9)17(20)21/h2-5,7H,6H2,1H3. The third-order valence-electron chi connectivity index (χ3n) is 2.87. The lowest BCUT2D eigenvalue weighted by Gasteiger charge is -2.06. The summed E-state index contributed by atoms with van der Waals surface area (Å²) in [6.45, 7) is 1.50. The number of nitro benzene ring substituents is 1. The lowest BCUT2D eigenvalue weighted by molar-refractivity contribution is -0.384. The van der Waals surface area contributed by atoms with Crippen LogP contribution in [0.4, 0.5) is 5.69 Å². The van der Waals surface area contributed by atoms with Crippen LogP contribution in [0.25, 0.3) is 0 Å². The predicted octanol–water partition coefficient (Wildman–Crippen LogP) is 2.11. The number of rotatable bonds is 4. The van der Waals surface area contributed by atoms with Crippen molar-refractivity contribution in [3.05, 3.63) is 66.8 Å². The van der Waals surface area contributed by atoms with Gasteiger partial charge in [0.2, 0.25) is 0 Å². The van der Waals surface area contributed by atoms with Gasteiger partial charge in [0, 0.05) is 17.7 Å². The molecule has 0 atom stereocenters. The van der Waals surface area contributed by atoms with E-state index < -0.39 is 4.92 Å². The molecule has 0 radical (unpaired) electrons. The van der Waals surface area contributed by atoms with Crippen LogP contribution >= 0.6 is 15.9 Å². The Labute approximate surface area is 127 Å². The molecule has 2 aromatic rings. The minimum Gasteiger partial charge on any atom is -0.292 e. The van der Waals surface area contributed by atoms with Crippen molar-refractivity contribution in [3.63, 3.8) is 0 Å². The quantitative estimate of drug-likeness (QED) is 0.477. The number of hydrogen-bond acceptors (Lipinski definition) is 5. The van der Waals surface area contributed by atoms with Crippen LogP contribution in [0.15, 0.2) is 39.9 Å². The van der Waals surface area contributed by atoms with Crippen molar-refractivity contribution in [3.8, 4) is 0 Å². The summed E-state index contributed by atoms with van der Waals surface area (Å²) in [6.07, 6.45) is 1.30. The number of ketones is 1. The van der Waals surface area contributed by atoms with Crippen LogP contribution in [0, 0.1) is 17.0 Å². The number of carbonyl (C=O) groups is 1. The van der Waals surface area contributed by atoms with Crippen molar-refractivity contribution >= 4 is 27.4 Å². The molecule has 21 heavy (non-hydrogen) atoms. The average Bonchev–Trinajstić information content (AvgIpc) is 2.48. The highest BCUT2D eigenvalue weighted by Crippen LogP contribution is 2.13. The Balaban J connectivity index is 2.24. The molecule has 108 valence electrons. The van der Waals surface area contributed by atoms with Gasteiger partial charge in [0.05, 0.1) is 23.5 Å². The summed E-state index contributed by atoms with van der Waals surface area (Å²) in [7, 11) is 0. The number of carbonyl (C=O) groups excluding carboxylic acids is 1. The van der Waals surface area contributed by atoms with Crippen molar-refractivity contribution in [1.82, 2.24) is 9.55 Å². The first-order valence-electron chi connectivity index (χ1n) is 5.89. The van der Waals surface area contributed by atoms with Crippen molar-refractivity contribution in [2.45, 2.75) is 13.5 Å². The summed E-state index contributed by atoms with van der Waals surface area (Å²) >= 11 is 3.12. The molecule has 1 aromatic carbocycles. The van der Waals surface area contributed by atoms with Crippen LogP contribution < -0.4 is 5.56 Å². The third kappa shape index (κ3) is 3.22. The molecule has 0 saturated carbocycles. The van der Waals surface area contributed by atoms with Crippen LogP contribution in [0.3, 0.4) is 0 Å². The number of nitrogens with zero attached hydrogens (tertiary/aromatic N) is 3. The highest BCUT2D eigenvalue weighted by atomic mass is 79.9. The van der Waals surface area contributed by atoms with Gasteiger partial charge in [-0.15, -0.1) is 0 Å². The van der Waals surface area contributed by atoms with Crippen molar-refractivity contribution in [2.24, 2.45) is 0 Å². The Morgan fingerprint density at radius 2 is 2.00 bits per heavy atom. The van der Waals surface area contributed by atoms with Crippen LogP contribution in [0.5, 0.6) is 0 Å². The summed E-state index contributed by atoms with van der Waals surface area (Å²) in [6, 6.07) is 5.23. The molecular weight excluding hydrogens is 342 g/mol. The second kappa shape index (κ2) is 5.96. The maximum absolute atomic E-state index is 12.1. The minimum atomic E-state index is -0.542. The Hall–Kier alpha value is -2.35. The lowest BCUT2D eigenvalue weighted by atomic mass is 10.1. The van der Waals surface area contributed by atoms with Gasteiger partial charge in [-0.25, -0.2) is 4.98 Å². The summed E-state index contributed by atoms with van der Waals surface area (Å²) < 4.78 is 1.49. The topological polar surface area (TPSA) is 95.1 Å². The number of halogens is 1. The van der Waals surface area contributed by atoms with Gasteiger partial charge in [0.15, 0.2) is 5.78 Å². The van der Waals surface area contributed by atoms with Crippen molar-refractivity contribution in [1.29, 1.82) is 0 Å². The van der Waals surface area contributed by atoms with E-state index in [0.29, 0.717) is 15.7 Å². The number of aromatic nitrogens is 2. The molecule has 0 unspecified atom stereocenters. The van der Waals surface area contributed by atoms with Gasteiger partial charge in [-0.2, -0.15) is 0 Å². The molecule has 1 aromatic heterocycles. The molecule has 2 rings (SSSR count). The number of benzene rings is 1. The van der Waals surface area contributed by atoms with Crippen LogP contribution in [-0.4, -0.2) is 20.3 Å². The van der Waals surface area contributed by atoms with E-state index in [1.165, 1.54) is 35.2 Å². The molecule has 1 heterocycles. The number of aryl methyl sites for hydroxylation is 1. The van der Waals surface area contributed by atoms with Crippen LogP contribution in [0.2, 0.25) is 0 Å². The monoisotopic (exact) mass is 351 g/mol. The molecule has 0 amide bonds. The zero-order chi connectivity index (χ0) is 15.6. The minimum absolute atomic E-state index is 0.0940. The van der Waals surface area contributed by atoms with Crippen molar-refractivity contribution < 1.29 is 9.72 Å². The van der Waals surface area contributed by atoms with E-state index in [0.717, 1.165) is 0 Å². The van der Waals surface area contributed by atoms with Crippen LogP contribution in [-0.2, 0) is 6.54 Å². The molecule has 8 heteroatoms. The molecule has 0 aliphatic carbocycles. The average molecular weight is 352 g/mol. The Bertz CT molecular complexity index is 768. The van der Waals surface area contributed by atoms with Gasteiger partial charge in [-0.05, 0) is 35.0 Å². The highest BCUT2D eigenvalue weighted by molar-refractivity contribution is 9.10. The fourth-order valence-electron chi connectivity index (χ4n) is 1.67. The van der Waals surface area contributed by atoms with Gasteiger partial charge in [0.1, 0.15) is 4.47 Å². The van der Waals surface area contributed by atoms with Gasteiger partial charge in [0.25, 0.3) is 11.2 Å². The van der Waals surface area contributed by atoms with E-state index in [-0.39, 0.29) is 23.6 Å². The van der Waals surface area contributed by atoms with E-state index in [2.05, 4.69) is 20.9 Å². The lowest BCUT2D eigenvalue weighted by Crippen LogP contribution is -2.25. The van der Waals surface area contributed by atoms with E-state index in [1.54, 1.807) is 6.92 Å². The van der Waals surface area contributed by atoms with E-state index in [4.69, 9.17) is 0 Å². The molecule has 0 saturated heterocycles. The molecule has 0 fully saturated rings. The molecule has 7 nitrogen and oxygen atoms in total. The van der Waals surface area contributed by atoms with Crippen LogP contribution in [0.1, 0.15) is 16.1 Å². The molecular formula is C13H10BrN3O4. The van der Waals surface area contributed by atoms with E-state index in [9.17, 15) is 19.7 Å². The molecule has 0 N–H and O–H groups in total. The zero-order valence-corrected chi connectivity index (χ0v) is 12.5. The Morgan fingerprint density at radius 1 is 1.38 bits per heavy atom. The van der Waals surface area contributed by atoms with Gasteiger partial charge in [-0.1, -0.05) is 0 Å². The van der Waals surface area contributed by atoms with Gasteiger partial charge >= 0.3 is 0 Å². The highest BCUT2D eigenvalue weighted by Gasteiger charge is 2.12. The predicted molar refractivity (Wildman–Crippen MR) is 78.4 cm³/mol. The summed E-state index contributed by atoms with van der Waals surface area (Å²) in [5.41, 5.74) is 0.393. The Kier molecular flexibility index (Phi) is 4.27. The first-order chi connectivity index (χ1) is 9.90. The SMILES string of the molecule is Cc1ncn(CC(=O)c2ccc([N+](=O)[O-])cc2)c(=O)c1Br. The Morgan fingerprint density at radius 3 is 2.57 bits per heavy atom. The van der Waals surface area contributed by atoms with Gasteiger partial charge < -0.3 is 0 Å². The fourth-order valence-corrected chi connectivity index (χ4v) is 2.00. The maximum Gasteiger partial charge on any atom is 0.269 e. The smallest absolute Gasteiger partial charge is 0.269 e. The zero-order valence-electron chi connectivity index (χ0n) is 10.9. The summed E-state index contributed by atoms with van der Waals surface area (Å²) in [4.78, 5) is 38.0. The molecule has 0 bridgehead atoms. The largest absolute Gasteiger partial charge is 0.292 e. The van der Waals surface area contributed by atoms with Gasteiger partial charge in [-0.3, -0.25) is 24.3 Å². The second-order valence-corrected chi connectivity index (χ2v) is 5.10. The van der Waals surface area contributed by atoms with Crippen molar-refractivity contribution in [2.75, 3.05) is 0 Å². The number of nitro groups is 1. The molecule has 0 spiro atoms. The first kappa shape index (κ1) is 15.0. The maximum atomic E-state index is 12.1. The van der Waals surface area contributed by atoms with E-state index in [1.807, 2.05) is 0 Å². The number of Topliss-reactive ketones (excluding diaryl/α,β-unsaturated/α-hetero) is 1. The number of hydrogen-bond donors (Lipinski definition) is 0. The second-order valence-electron chi connectivity index (χ2n) is 4.30.